The zero-order valence-electron chi connectivity index (χ0n) is 9.62. The van der Waals surface area contributed by atoms with Gasteiger partial charge < -0.3 is 10.6 Å². The van der Waals surface area contributed by atoms with Crippen molar-refractivity contribution in [3.05, 3.63) is 18.2 Å². The fraction of sp³-hybridized carbons (Fsp3) is 0.600. The summed E-state index contributed by atoms with van der Waals surface area (Å²) in [5, 5.41) is 5.54. The van der Waals surface area contributed by atoms with E-state index in [-0.39, 0.29) is 18.3 Å². The third-order valence-electron chi connectivity index (χ3n) is 2.15. The molecule has 7 heteroatoms. The lowest BCUT2D eigenvalue weighted by molar-refractivity contribution is -0.120. The van der Waals surface area contributed by atoms with Gasteiger partial charge in [0.2, 0.25) is 5.91 Å². The highest BCUT2D eigenvalue weighted by atomic mass is 19.3. The van der Waals surface area contributed by atoms with Gasteiger partial charge in [-0.25, -0.2) is 4.98 Å². The van der Waals surface area contributed by atoms with Gasteiger partial charge in [0, 0.05) is 31.9 Å². The molecule has 0 fully saturated rings. The Hall–Kier alpha value is -1.50. The molecule has 1 amide bonds. The minimum atomic E-state index is -2.59. The van der Waals surface area contributed by atoms with Crippen molar-refractivity contribution in [2.75, 3.05) is 13.1 Å². The number of carbonyl (C=O) groups excluding carboxylic acids is 1. The van der Waals surface area contributed by atoms with Crippen LogP contribution in [0.15, 0.2) is 12.4 Å². The summed E-state index contributed by atoms with van der Waals surface area (Å²) in [5.74, 6) is 0.202. The van der Waals surface area contributed by atoms with Crippen LogP contribution in [0.4, 0.5) is 8.78 Å². The lowest BCUT2D eigenvalue weighted by Crippen LogP contribution is -2.27. The van der Waals surface area contributed by atoms with E-state index in [0.29, 0.717) is 19.5 Å². The van der Waals surface area contributed by atoms with Gasteiger partial charge in [-0.15, -0.1) is 0 Å². The highest BCUT2D eigenvalue weighted by molar-refractivity contribution is 5.75. The number of aromatic nitrogens is 2. The Morgan fingerprint density at radius 2 is 2.35 bits per heavy atom. The molecule has 1 aromatic rings. The summed E-state index contributed by atoms with van der Waals surface area (Å²) in [4.78, 5) is 14.9. The van der Waals surface area contributed by atoms with Crippen molar-refractivity contribution in [2.45, 2.75) is 26.4 Å². The van der Waals surface area contributed by atoms with Gasteiger partial charge in [-0.1, -0.05) is 0 Å². The molecule has 2 N–H and O–H groups in total. The molecule has 5 nitrogen and oxygen atoms in total. The molecular formula is C10H16F2N4O. The smallest absolute Gasteiger partial charge is 0.319 e. The molecule has 17 heavy (non-hydrogen) atoms. The maximum absolute atomic E-state index is 12.4. The number of carbonyl (C=O) groups is 1. The molecule has 0 bridgehead atoms. The number of imidazole rings is 1. The van der Waals surface area contributed by atoms with E-state index < -0.39 is 6.55 Å². The summed E-state index contributed by atoms with van der Waals surface area (Å²) in [6.07, 6.45) is 2.88. The highest BCUT2D eigenvalue weighted by Gasteiger charge is 2.10. The molecule has 1 heterocycles. The summed E-state index contributed by atoms with van der Waals surface area (Å²) in [6, 6.07) is 0. The van der Waals surface area contributed by atoms with E-state index in [1.165, 1.54) is 12.4 Å². The van der Waals surface area contributed by atoms with Gasteiger partial charge in [0.15, 0.2) is 0 Å². The molecule has 0 unspecified atom stereocenters. The van der Waals surface area contributed by atoms with E-state index >= 15 is 0 Å². The number of alkyl halides is 2. The maximum atomic E-state index is 12.4. The van der Waals surface area contributed by atoms with Crippen LogP contribution >= 0.6 is 0 Å². The van der Waals surface area contributed by atoms with Crippen LogP contribution in [0.2, 0.25) is 0 Å². The molecule has 96 valence electrons. The SMILES string of the molecule is CCNC(=O)CCNCc1nccn1C(F)F. The first-order valence-electron chi connectivity index (χ1n) is 5.42. The topological polar surface area (TPSA) is 59.0 Å². The summed E-state index contributed by atoms with van der Waals surface area (Å²) in [7, 11) is 0. The van der Waals surface area contributed by atoms with Gasteiger partial charge in [-0.2, -0.15) is 8.78 Å². The van der Waals surface area contributed by atoms with Gasteiger partial charge in [-0.3, -0.25) is 9.36 Å². The molecule has 0 radical (unpaired) electrons. The van der Waals surface area contributed by atoms with E-state index in [0.717, 1.165) is 4.57 Å². The molecule has 0 saturated heterocycles. The fourth-order valence-electron chi connectivity index (χ4n) is 1.35. The van der Waals surface area contributed by atoms with E-state index in [9.17, 15) is 13.6 Å². The monoisotopic (exact) mass is 246 g/mol. The summed E-state index contributed by atoms with van der Waals surface area (Å²) in [6.45, 7) is 0.496. The molecule has 1 aromatic heterocycles. The summed E-state index contributed by atoms with van der Waals surface area (Å²) < 4.78 is 25.7. The number of rotatable bonds is 7. The van der Waals surface area contributed by atoms with Crippen molar-refractivity contribution in [3.8, 4) is 0 Å². The van der Waals surface area contributed by atoms with Crippen LogP contribution in [0, 0.1) is 0 Å². The number of hydrogen-bond acceptors (Lipinski definition) is 3. The van der Waals surface area contributed by atoms with Crippen LogP contribution in [0.1, 0.15) is 25.7 Å². The van der Waals surface area contributed by atoms with Gasteiger partial charge in [0.25, 0.3) is 0 Å². The zero-order valence-corrected chi connectivity index (χ0v) is 9.62. The molecule has 1 rings (SSSR count). The summed E-state index contributed by atoms with van der Waals surface area (Å²) >= 11 is 0. The minimum absolute atomic E-state index is 0.0581. The molecule has 0 aromatic carbocycles. The first kappa shape index (κ1) is 13.6. The third-order valence-corrected chi connectivity index (χ3v) is 2.15. The lowest BCUT2D eigenvalue weighted by atomic mass is 10.4. The lowest BCUT2D eigenvalue weighted by Gasteiger charge is -2.07. The molecule has 0 aliphatic rings. The molecule has 0 saturated carbocycles. The molecule has 0 atom stereocenters. The van der Waals surface area contributed by atoms with Crippen LogP contribution in [0.5, 0.6) is 0 Å². The Morgan fingerprint density at radius 1 is 1.59 bits per heavy atom. The fourth-order valence-corrected chi connectivity index (χ4v) is 1.35. The first-order valence-corrected chi connectivity index (χ1v) is 5.42. The summed E-state index contributed by atoms with van der Waals surface area (Å²) in [5.41, 5.74) is 0. The number of amides is 1. The predicted molar refractivity (Wildman–Crippen MR) is 58.5 cm³/mol. The second-order valence-electron chi connectivity index (χ2n) is 3.41. The quantitative estimate of drug-likeness (QED) is 0.703. The third kappa shape index (κ3) is 4.48. The molecule has 0 aliphatic heterocycles. The van der Waals surface area contributed by atoms with Gasteiger partial charge >= 0.3 is 6.55 Å². The maximum Gasteiger partial charge on any atom is 0.319 e. The first-order chi connectivity index (χ1) is 8.15. The Kier molecular flexibility index (Phi) is 5.55. The zero-order chi connectivity index (χ0) is 12.7. The Labute approximate surface area is 98.2 Å². The van der Waals surface area contributed by atoms with E-state index in [4.69, 9.17) is 0 Å². The minimum Gasteiger partial charge on any atom is -0.356 e. The molecule has 0 aliphatic carbocycles. The number of nitrogens with zero attached hydrogens (tertiary/aromatic N) is 2. The number of nitrogens with one attached hydrogen (secondary N) is 2. The number of halogens is 2. The van der Waals surface area contributed by atoms with Crippen molar-refractivity contribution in [2.24, 2.45) is 0 Å². The second kappa shape index (κ2) is 6.95. The van der Waals surface area contributed by atoms with Crippen molar-refractivity contribution in [3.63, 3.8) is 0 Å². The molecule has 0 spiro atoms. The Morgan fingerprint density at radius 3 is 3.00 bits per heavy atom. The normalized spacial score (nSPS) is 10.8. The largest absolute Gasteiger partial charge is 0.356 e. The number of hydrogen-bond donors (Lipinski definition) is 2. The highest BCUT2D eigenvalue weighted by Crippen LogP contribution is 2.11. The average molecular weight is 246 g/mol. The van der Waals surface area contributed by atoms with Gasteiger partial charge in [-0.05, 0) is 6.92 Å². The van der Waals surface area contributed by atoms with Crippen LogP contribution in [0.3, 0.4) is 0 Å². The van der Waals surface area contributed by atoms with Crippen molar-refractivity contribution in [1.29, 1.82) is 0 Å². The van der Waals surface area contributed by atoms with Gasteiger partial charge in [0.1, 0.15) is 5.82 Å². The van der Waals surface area contributed by atoms with Crippen LogP contribution in [-0.2, 0) is 11.3 Å². The Bertz CT molecular complexity index is 354. The second-order valence-corrected chi connectivity index (χ2v) is 3.41. The van der Waals surface area contributed by atoms with Gasteiger partial charge in [0.05, 0.1) is 6.54 Å². The van der Waals surface area contributed by atoms with Crippen molar-refractivity contribution < 1.29 is 13.6 Å². The standard InChI is InChI=1S/C10H16F2N4O/c1-2-14-9(17)3-4-13-7-8-15-5-6-16(8)10(11)12/h5-6,10,13H,2-4,7H2,1H3,(H,14,17). The predicted octanol–water partition coefficient (Wildman–Crippen LogP) is 0.894. The van der Waals surface area contributed by atoms with Crippen LogP contribution in [-0.4, -0.2) is 28.5 Å². The van der Waals surface area contributed by atoms with Crippen LogP contribution in [0.25, 0.3) is 0 Å². The van der Waals surface area contributed by atoms with E-state index in [1.807, 2.05) is 6.92 Å². The Balaban J connectivity index is 2.26. The van der Waals surface area contributed by atoms with Crippen molar-refractivity contribution >= 4 is 5.91 Å². The van der Waals surface area contributed by atoms with Crippen molar-refractivity contribution in [1.82, 2.24) is 20.2 Å². The van der Waals surface area contributed by atoms with E-state index in [2.05, 4.69) is 15.6 Å². The average Bonchev–Trinajstić information content (AvgIpc) is 2.73. The molecular weight excluding hydrogens is 230 g/mol. The van der Waals surface area contributed by atoms with Crippen LogP contribution < -0.4 is 10.6 Å². The van der Waals surface area contributed by atoms with E-state index in [1.54, 1.807) is 0 Å².